The van der Waals surface area contributed by atoms with Crippen LogP contribution in [0, 0.1) is 18.8 Å². The first-order valence-corrected chi connectivity index (χ1v) is 14.2. The summed E-state index contributed by atoms with van der Waals surface area (Å²) in [6, 6.07) is 8.78. The van der Waals surface area contributed by atoms with Crippen molar-refractivity contribution in [3.8, 4) is 0 Å². The number of amides is 3. The zero-order valence-corrected chi connectivity index (χ0v) is 24.3. The summed E-state index contributed by atoms with van der Waals surface area (Å²) in [5, 5.41) is 0. The molecule has 4 rings (SSSR count). The van der Waals surface area contributed by atoms with E-state index < -0.39 is 47.8 Å². The third-order valence-corrected chi connectivity index (χ3v) is 8.56. The molecule has 2 heterocycles. The van der Waals surface area contributed by atoms with Gasteiger partial charge in [-0.25, -0.2) is 0 Å². The van der Waals surface area contributed by atoms with Crippen LogP contribution in [-0.4, -0.2) is 65.6 Å². The van der Waals surface area contributed by atoms with Crippen molar-refractivity contribution in [1.82, 2.24) is 14.7 Å². The SMILES string of the molecule is CC(=O)N1CCC(C(=O)N2CC[C@@H](C(=O)N(C)Cc3cc(C(F)(F)F)cc(C(F)(F)F)c3)[C@H](c3ccccc3C)C2)CC1. The molecule has 2 aromatic rings. The monoisotopic (exact) mass is 611 g/mol. The predicted molar refractivity (Wildman–Crippen MR) is 147 cm³/mol. The van der Waals surface area contributed by atoms with Gasteiger partial charge in [0.15, 0.2) is 0 Å². The minimum absolute atomic E-state index is 0.0336. The molecule has 0 bridgehead atoms. The number of halogens is 6. The van der Waals surface area contributed by atoms with Crippen LogP contribution in [0.3, 0.4) is 0 Å². The van der Waals surface area contributed by atoms with Crippen molar-refractivity contribution in [1.29, 1.82) is 0 Å². The summed E-state index contributed by atoms with van der Waals surface area (Å²) < 4.78 is 80.4. The minimum Gasteiger partial charge on any atom is -0.343 e. The number of aryl methyl sites for hydroxylation is 1. The van der Waals surface area contributed by atoms with Crippen LogP contribution in [0.2, 0.25) is 0 Å². The molecule has 2 aliphatic heterocycles. The molecule has 0 N–H and O–H groups in total. The first kappa shape index (κ1) is 32.3. The molecule has 0 spiro atoms. The molecule has 0 unspecified atom stereocenters. The molecule has 3 amide bonds. The van der Waals surface area contributed by atoms with Gasteiger partial charge in [0.05, 0.1) is 11.1 Å². The van der Waals surface area contributed by atoms with Gasteiger partial charge in [0.25, 0.3) is 0 Å². The Morgan fingerprint density at radius 1 is 0.860 bits per heavy atom. The molecule has 43 heavy (non-hydrogen) atoms. The van der Waals surface area contributed by atoms with Crippen molar-refractivity contribution in [3.05, 3.63) is 70.3 Å². The van der Waals surface area contributed by atoms with E-state index >= 15 is 0 Å². The lowest BCUT2D eigenvalue weighted by Gasteiger charge is -2.42. The van der Waals surface area contributed by atoms with Gasteiger partial charge in [-0.2, -0.15) is 26.3 Å². The van der Waals surface area contributed by atoms with Crippen LogP contribution in [0.5, 0.6) is 0 Å². The molecule has 2 aromatic carbocycles. The number of benzene rings is 2. The summed E-state index contributed by atoms with van der Waals surface area (Å²) in [5.41, 5.74) is -1.38. The van der Waals surface area contributed by atoms with E-state index in [0.29, 0.717) is 44.6 Å². The highest BCUT2D eigenvalue weighted by Crippen LogP contribution is 2.39. The highest BCUT2D eigenvalue weighted by atomic mass is 19.4. The molecular formula is C31H35F6N3O3. The Kier molecular flexibility index (Phi) is 9.46. The minimum atomic E-state index is -4.99. The Balaban J connectivity index is 1.56. The van der Waals surface area contributed by atoms with Crippen molar-refractivity contribution in [2.75, 3.05) is 33.2 Å². The van der Waals surface area contributed by atoms with Gasteiger partial charge in [-0.1, -0.05) is 24.3 Å². The lowest BCUT2D eigenvalue weighted by Crippen LogP contribution is -2.50. The second kappa shape index (κ2) is 12.6. The van der Waals surface area contributed by atoms with Gasteiger partial charge in [0.2, 0.25) is 17.7 Å². The molecule has 6 nitrogen and oxygen atoms in total. The quantitative estimate of drug-likeness (QED) is 0.397. The Morgan fingerprint density at radius 2 is 1.42 bits per heavy atom. The van der Waals surface area contributed by atoms with Crippen molar-refractivity contribution in [2.45, 2.75) is 57.9 Å². The number of hydrogen-bond donors (Lipinski definition) is 0. The van der Waals surface area contributed by atoms with Gasteiger partial charge in [-0.3, -0.25) is 14.4 Å². The zero-order chi connectivity index (χ0) is 31.7. The third-order valence-electron chi connectivity index (χ3n) is 8.56. The Bertz CT molecular complexity index is 1320. The Morgan fingerprint density at radius 3 is 1.95 bits per heavy atom. The number of carbonyl (C=O) groups is 3. The van der Waals surface area contributed by atoms with Crippen LogP contribution in [-0.2, 0) is 33.3 Å². The lowest BCUT2D eigenvalue weighted by atomic mass is 9.77. The van der Waals surface area contributed by atoms with E-state index in [0.717, 1.165) is 11.1 Å². The van der Waals surface area contributed by atoms with Crippen LogP contribution in [0.15, 0.2) is 42.5 Å². The Hall–Kier alpha value is -3.57. The van der Waals surface area contributed by atoms with Gasteiger partial charge in [-0.15, -0.1) is 0 Å². The number of nitrogens with zero attached hydrogens (tertiary/aromatic N) is 3. The topological polar surface area (TPSA) is 60.9 Å². The highest BCUT2D eigenvalue weighted by Gasteiger charge is 2.41. The molecule has 0 aliphatic carbocycles. The van der Waals surface area contributed by atoms with E-state index in [9.17, 15) is 40.7 Å². The van der Waals surface area contributed by atoms with Crippen LogP contribution >= 0.6 is 0 Å². The van der Waals surface area contributed by atoms with E-state index in [-0.39, 0.29) is 42.3 Å². The number of rotatable bonds is 5. The molecule has 234 valence electrons. The van der Waals surface area contributed by atoms with Crippen LogP contribution in [0.1, 0.15) is 59.9 Å². The van der Waals surface area contributed by atoms with Gasteiger partial charge in [0, 0.05) is 64.4 Å². The zero-order valence-electron chi connectivity index (χ0n) is 24.3. The van der Waals surface area contributed by atoms with Crippen LogP contribution < -0.4 is 0 Å². The van der Waals surface area contributed by atoms with Gasteiger partial charge in [-0.05, 0) is 61.1 Å². The fraction of sp³-hybridized carbons (Fsp3) is 0.516. The van der Waals surface area contributed by atoms with Crippen molar-refractivity contribution >= 4 is 17.7 Å². The highest BCUT2D eigenvalue weighted by molar-refractivity contribution is 5.82. The molecule has 2 saturated heterocycles. The lowest BCUT2D eigenvalue weighted by molar-refractivity contribution is -0.145. The summed E-state index contributed by atoms with van der Waals surface area (Å²) in [7, 11) is 1.37. The standard InChI is InChI=1S/C31H35F6N3O3/c1-19-6-4-5-7-25(19)27-18-40(28(42)22-8-11-39(12-9-22)20(2)41)13-10-26(27)29(43)38(3)17-21-14-23(30(32,33)34)16-24(15-21)31(35,36)37/h4-7,14-16,22,26-27H,8-13,17-18H2,1-3H3/t26-,27+/m1/s1. The predicted octanol–water partition coefficient (Wildman–Crippen LogP) is 5.88. The van der Waals surface area contributed by atoms with E-state index in [2.05, 4.69) is 0 Å². The summed E-state index contributed by atoms with van der Waals surface area (Å²) in [5.74, 6) is -1.78. The summed E-state index contributed by atoms with van der Waals surface area (Å²) in [6.07, 6.45) is -8.60. The summed E-state index contributed by atoms with van der Waals surface area (Å²) >= 11 is 0. The van der Waals surface area contributed by atoms with Crippen molar-refractivity contribution < 1.29 is 40.7 Å². The maximum Gasteiger partial charge on any atom is 0.416 e. The van der Waals surface area contributed by atoms with E-state index in [1.807, 2.05) is 31.2 Å². The van der Waals surface area contributed by atoms with Crippen LogP contribution in [0.25, 0.3) is 0 Å². The van der Waals surface area contributed by atoms with Gasteiger partial charge in [0.1, 0.15) is 0 Å². The summed E-state index contributed by atoms with van der Waals surface area (Å²) in [4.78, 5) is 43.6. The molecule has 0 aromatic heterocycles. The summed E-state index contributed by atoms with van der Waals surface area (Å²) in [6.45, 7) is 4.48. The molecule has 0 saturated carbocycles. The fourth-order valence-corrected chi connectivity index (χ4v) is 6.21. The van der Waals surface area contributed by atoms with Crippen LogP contribution in [0.4, 0.5) is 26.3 Å². The maximum absolute atomic E-state index is 13.8. The average Bonchev–Trinajstić information content (AvgIpc) is 2.95. The first-order chi connectivity index (χ1) is 20.1. The molecule has 0 radical (unpaired) electrons. The number of hydrogen-bond acceptors (Lipinski definition) is 3. The number of carbonyl (C=O) groups excluding carboxylic acids is 3. The van der Waals surface area contributed by atoms with E-state index in [1.54, 1.807) is 9.80 Å². The second-order valence-electron chi connectivity index (χ2n) is 11.5. The molecule has 12 heteroatoms. The maximum atomic E-state index is 13.8. The molecule has 2 atom stereocenters. The number of alkyl halides is 6. The molecule has 2 fully saturated rings. The van der Waals surface area contributed by atoms with E-state index in [1.165, 1.54) is 18.9 Å². The number of piperidine rings is 2. The third kappa shape index (κ3) is 7.51. The molecular weight excluding hydrogens is 576 g/mol. The van der Waals surface area contributed by atoms with Crippen molar-refractivity contribution in [2.24, 2.45) is 11.8 Å². The first-order valence-electron chi connectivity index (χ1n) is 14.2. The van der Waals surface area contributed by atoms with E-state index in [4.69, 9.17) is 0 Å². The van der Waals surface area contributed by atoms with Gasteiger partial charge < -0.3 is 14.7 Å². The molecule has 2 aliphatic rings. The van der Waals surface area contributed by atoms with Gasteiger partial charge >= 0.3 is 12.4 Å². The fourth-order valence-electron chi connectivity index (χ4n) is 6.21. The Labute approximate surface area is 246 Å². The number of likely N-dealkylation sites (tertiary alicyclic amines) is 2. The largest absolute Gasteiger partial charge is 0.416 e. The van der Waals surface area contributed by atoms with Crippen molar-refractivity contribution in [3.63, 3.8) is 0 Å². The smallest absolute Gasteiger partial charge is 0.343 e. The average molecular weight is 612 g/mol. The normalized spacial score (nSPS) is 20.2. The second-order valence-corrected chi connectivity index (χ2v) is 11.5.